The lowest BCUT2D eigenvalue weighted by Gasteiger charge is -2.11. The van der Waals surface area contributed by atoms with Crippen molar-refractivity contribution in [2.45, 2.75) is 19.9 Å². The van der Waals surface area contributed by atoms with Crippen LogP contribution in [0.15, 0.2) is 48.5 Å². The number of aryl methyl sites for hydroxylation is 1. The van der Waals surface area contributed by atoms with Gasteiger partial charge in [0.15, 0.2) is 0 Å². The molecule has 0 saturated heterocycles. The molecule has 2 heteroatoms. The van der Waals surface area contributed by atoms with E-state index in [1.54, 1.807) is 0 Å². The minimum atomic E-state index is 0.464. The maximum Gasteiger partial charge on any atom is 0.0669 e. The summed E-state index contributed by atoms with van der Waals surface area (Å²) in [6.07, 6.45) is 0.464. The number of hydrogen-bond donors (Lipinski definition) is 1. The number of hydrogen-bond acceptors (Lipinski definition) is 2. The summed E-state index contributed by atoms with van der Waals surface area (Å²) in [5, 5.41) is 12.2. The third kappa shape index (κ3) is 2.89. The van der Waals surface area contributed by atoms with Crippen LogP contribution in [0, 0.1) is 18.3 Å². The molecule has 0 unspecified atom stereocenters. The van der Waals surface area contributed by atoms with Crippen molar-refractivity contribution in [2.24, 2.45) is 0 Å². The quantitative estimate of drug-likeness (QED) is 0.879. The van der Waals surface area contributed by atoms with Gasteiger partial charge in [-0.1, -0.05) is 42.5 Å². The smallest absolute Gasteiger partial charge is 0.0669 e. The van der Waals surface area contributed by atoms with Gasteiger partial charge in [-0.3, -0.25) is 0 Å². The highest BCUT2D eigenvalue weighted by molar-refractivity contribution is 5.51. The van der Waals surface area contributed by atoms with Crippen LogP contribution in [0.3, 0.4) is 0 Å². The first-order valence-electron chi connectivity index (χ1n) is 6.04. The van der Waals surface area contributed by atoms with E-state index < -0.39 is 0 Å². The van der Waals surface area contributed by atoms with E-state index in [0.29, 0.717) is 6.42 Å². The minimum Gasteiger partial charge on any atom is -0.381 e. The van der Waals surface area contributed by atoms with Crippen molar-refractivity contribution >= 4 is 5.69 Å². The monoisotopic (exact) mass is 236 g/mol. The average Bonchev–Trinajstić information content (AvgIpc) is 2.40. The summed E-state index contributed by atoms with van der Waals surface area (Å²) in [6.45, 7) is 2.84. The summed E-state index contributed by atoms with van der Waals surface area (Å²) in [5.41, 5.74) is 4.66. The molecule has 2 nitrogen and oxygen atoms in total. The van der Waals surface area contributed by atoms with E-state index in [2.05, 4.69) is 36.5 Å². The molecule has 0 spiro atoms. The van der Waals surface area contributed by atoms with E-state index in [1.807, 2.05) is 30.3 Å². The van der Waals surface area contributed by atoms with Gasteiger partial charge in [0.25, 0.3) is 0 Å². The van der Waals surface area contributed by atoms with Crippen LogP contribution in [0.5, 0.6) is 0 Å². The second-order valence-corrected chi connectivity index (χ2v) is 4.27. The molecule has 0 atom stereocenters. The number of nitrogens with zero attached hydrogens (tertiary/aromatic N) is 1. The molecule has 0 saturated carbocycles. The molecule has 0 aromatic heterocycles. The summed E-state index contributed by atoms with van der Waals surface area (Å²) in [7, 11) is 0. The van der Waals surface area contributed by atoms with Crippen molar-refractivity contribution in [1.29, 1.82) is 5.26 Å². The van der Waals surface area contributed by atoms with Gasteiger partial charge in [-0.15, -0.1) is 0 Å². The fourth-order valence-electron chi connectivity index (χ4n) is 1.95. The van der Waals surface area contributed by atoms with Crippen LogP contribution in [0.25, 0.3) is 0 Å². The lowest BCUT2D eigenvalue weighted by Crippen LogP contribution is -2.03. The molecule has 90 valence electrons. The highest BCUT2D eigenvalue weighted by Crippen LogP contribution is 2.16. The van der Waals surface area contributed by atoms with E-state index in [-0.39, 0.29) is 0 Å². The normalized spacial score (nSPS) is 9.78. The first kappa shape index (κ1) is 12.2. The van der Waals surface area contributed by atoms with Crippen LogP contribution in [-0.4, -0.2) is 0 Å². The minimum absolute atomic E-state index is 0.464. The molecule has 18 heavy (non-hydrogen) atoms. The molecule has 0 amide bonds. The number of nitrogens with one attached hydrogen (secondary N) is 1. The van der Waals surface area contributed by atoms with Crippen molar-refractivity contribution in [3.8, 4) is 6.07 Å². The summed E-state index contributed by atoms with van der Waals surface area (Å²) >= 11 is 0. The van der Waals surface area contributed by atoms with Gasteiger partial charge in [-0.2, -0.15) is 5.26 Å². The second-order valence-electron chi connectivity index (χ2n) is 4.27. The highest BCUT2D eigenvalue weighted by Gasteiger charge is 2.02. The molecule has 0 aliphatic carbocycles. The van der Waals surface area contributed by atoms with Crippen molar-refractivity contribution in [3.63, 3.8) is 0 Å². The maximum absolute atomic E-state index is 8.80. The van der Waals surface area contributed by atoms with Crippen molar-refractivity contribution in [3.05, 3.63) is 65.2 Å². The summed E-state index contributed by atoms with van der Waals surface area (Å²) in [5.74, 6) is 0. The Morgan fingerprint density at radius 2 is 1.67 bits per heavy atom. The zero-order valence-corrected chi connectivity index (χ0v) is 10.5. The van der Waals surface area contributed by atoms with Gasteiger partial charge in [0.05, 0.1) is 12.5 Å². The third-order valence-corrected chi connectivity index (χ3v) is 3.00. The van der Waals surface area contributed by atoms with E-state index in [1.165, 1.54) is 11.1 Å². The highest BCUT2D eigenvalue weighted by atomic mass is 14.9. The first-order valence-corrected chi connectivity index (χ1v) is 6.04. The summed E-state index contributed by atoms with van der Waals surface area (Å²) in [6, 6.07) is 18.5. The Morgan fingerprint density at radius 1 is 1.00 bits per heavy atom. The summed E-state index contributed by atoms with van der Waals surface area (Å²) in [4.78, 5) is 0. The molecular weight excluding hydrogens is 220 g/mol. The van der Waals surface area contributed by atoms with Gasteiger partial charge in [0, 0.05) is 12.2 Å². The van der Waals surface area contributed by atoms with Crippen LogP contribution in [0.2, 0.25) is 0 Å². The fraction of sp³-hybridized carbons (Fsp3) is 0.188. The van der Waals surface area contributed by atoms with E-state index in [4.69, 9.17) is 5.26 Å². The first-order chi connectivity index (χ1) is 8.81. The number of para-hydroxylation sites is 1. The average molecular weight is 236 g/mol. The Hall–Kier alpha value is -2.27. The molecule has 0 aliphatic rings. The molecule has 0 heterocycles. The Kier molecular flexibility index (Phi) is 3.98. The Balaban J connectivity index is 2.11. The number of anilines is 1. The number of rotatable bonds is 4. The van der Waals surface area contributed by atoms with Crippen molar-refractivity contribution in [1.82, 2.24) is 0 Å². The predicted molar refractivity (Wildman–Crippen MR) is 74.3 cm³/mol. The lowest BCUT2D eigenvalue weighted by molar-refractivity contribution is 1.08. The van der Waals surface area contributed by atoms with E-state index in [9.17, 15) is 0 Å². The van der Waals surface area contributed by atoms with Gasteiger partial charge in [0.1, 0.15) is 0 Å². The fourth-order valence-corrected chi connectivity index (χ4v) is 1.95. The van der Waals surface area contributed by atoms with Crippen LogP contribution < -0.4 is 5.32 Å². The van der Waals surface area contributed by atoms with Crippen LogP contribution in [0.1, 0.15) is 16.7 Å². The maximum atomic E-state index is 8.80. The SMILES string of the molecule is Cc1ccccc1NCc1ccccc1CC#N. The molecule has 2 aromatic rings. The Labute approximate surface area is 108 Å². The van der Waals surface area contributed by atoms with Crippen LogP contribution >= 0.6 is 0 Å². The molecule has 1 N–H and O–H groups in total. The lowest BCUT2D eigenvalue weighted by atomic mass is 10.0. The van der Waals surface area contributed by atoms with Gasteiger partial charge >= 0.3 is 0 Å². The number of benzene rings is 2. The molecule has 2 aromatic carbocycles. The third-order valence-electron chi connectivity index (χ3n) is 3.00. The van der Waals surface area contributed by atoms with E-state index >= 15 is 0 Å². The Bertz CT molecular complexity index is 567. The number of nitriles is 1. The van der Waals surface area contributed by atoms with Gasteiger partial charge in [-0.25, -0.2) is 0 Å². The van der Waals surface area contributed by atoms with Crippen LogP contribution in [0.4, 0.5) is 5.69 Å². The Morgan fingerprint density at radius 3 is 2.39 bits per heavy atom. The van der Waals surface area contributed by atoms with Crippen molar-refractivity contribution in [2.75, 3.05) is 5.32 Å². The van der Waals surface area contributed by atoms with Crippen LogP contribution in [-0.2, 0) is 13.0 Å². The van der Waals surface area contributed by atoms with Gasteiger partial charge in [-0.05, 0) is 29.7 Å². The zero-order valence-electron chi connectivity index (χ0n) is 10.5. The van der Waals surface area contributed by atoms with Gasteiger partial charge < -0.3 is 5.32 Å². The molecule has 2 rings (SSSR count). The van der Waals surface area contributed by atoms with Crippen molar-refractivity contribution < 1.29 is 0 Å². The molecule has 0 aliphatic heterocycles. The summed E-state index contributed by atoms with van der Waals surface area (Å²) < 4.78 is 0. The molecule has 0 fully saturated rings. The standard InChI is InChI=1S/C16H16N2/c1-13-6-2-5-9-16(13)18-12-15-8-4-3-7-14(15)10-11-17/h2-9,18H,10,12H2,1H3. The zero-order chi connectivity index (χ0) is 12.8. The predicted octanol–water partition coefficient (Wildman–Crippen LogP) is 3.67. The molecule has 0 radical (unpaired) electrons. The second kappa shape index (κ2) is 5.88. The molecular formula is C16H16N2. The van der Waals surface area contributed by atoms with Gasteiger partial charge in [0.2, 0.25) is 0 Å². The largest absolute Gasteiger partial charge is 0.381 e. The topological polar surface area (TPSA) is 35.8 Å². The van der Waals surface area contributed by atoms with E-state index in [0.717, 1.165) is 17.8 Å². The molecule has 0 bridgehead atoms.